The molecule has 2 heteroatoms. The second-order valence-corrected chi connectivity index (χ2v) is 3.10. The fourth-order valence-corrected chi connectivity index (χ4v) is 1.50. The van der Waals surface area contributed by atoms with Gasteiger partial charge in [0.1, 0.15) is 0 Å². The van der Waals surface area contributed by atoms with E-state index in [9.17, 15) is 5.11 Å². The maximum absolute atomic E-state index is 9.68. The summed E-state index contributed by atoms with van der Waals surface area (Å²) < 4.78 is 0. The van der Waals surface area contributed by atoms with Crippen LogP contribution in [-0.4, -0.2) is 10.1 Å². The van der Waals surface area contributed by atoms with Crippen LogP contribution in [0.1, 0.15) is 11.7 Å². The highest BCUT2D eigenvalue weighted by atomic mass is 16.3. The molecule has 1 N–H and O–H groups in total. The van der Waals surface area contributed by atoms with Crippen LogP contribution >= 0.6 is 0 Å². The SMILES string of the molecule is C=CC(O)c1ccnc2ccccc12. The standard InChI is InChI=1S/C12H11NO/c1-2-12(14)10-7-8-13-11-6-4-3-5-9(10)11/h2-8,12,14H,1H2. The van der Waals surface area contributed by atoms with Gasteiger partial charge >= 0.3 is 0 Å². The summed E-state index contributed by atoms with van der Waals surface area (Å²) in [5, 5.41) is 10.7. The van der Waals surface area contributed by atoms with E-state index in [0.717, 1.165) is 16.5 Å². The van der Waals surface area contributed by atoms with Gasteiger partial charge < -0.3 is 5.11 Å². The zero-order valence-electron chi connectivity index (χ0n) is 7.72. The van der Waals surface area contributed by atoms with Gasteiger partial charge in [0, 0.05) is 11.6 Å². The topological polar surface area (TPSA) is 33.1 Å². The van der Waals surface area contributed by atoms with Crippen molar-refractivity contribution in [2.45, 2.75) is 6.10 Å². The summed E-state index contributed by atoms with van der Waals surface area (Å²) in [6.07, 6.45) is 2.59. The van der Waals surface area contributed by atoms with Crippen molar-refractivity contribution in [3.63, 3.8) is 0 Å². The number of fused-ring (bicyclic) bond motifs is 1. The third kappa shape index (κ3) is 1.40. The van der Waals surface area contributed by atoms with Crippen molar-refractivity contribution in [2.75, 3.05) is 0 Å². The first kappa shape index (κ1) is 8.91. The summed E-state index contributed by atoms with van der Waals surface area (Å²) in [7, 11) is 0. The molecule has 1 unspecified atom stereocenters. The molecule has 1 aromatic carbocycles. The van der Waals surface area contributed by atoms with Gasteiger partial charge in [-0.2, -0.15) is 0 Å². The Morgan fingerprint density at radius 1 is 1.29 bits per heavy atom. The predicted molar refractivity (Wildman–Crippen MR) is 56.9 cm³/mol. The lowest BCUT2D eigenvalue weighted by molar-refractivity contribution is 0.230. The summed E-state index contributed by atoms with van der Waals surface area (Å²) in [6, 6.07) is 9.55. The average molecular weight is 185 g/mol. The van der Waals surface area contributed by atoms with E-state index >= 15 is 0 Å². The monoisotopic (exact) mass is 185 g/mol. The van der Waals surface area contributed by atoms with Crippen molar-refractivity contribution in [3.8, 4) is 0 Å². The largest absolute Gasteiger partial charge is 0.384 e. The Hall–Kier alpha value is -1.67. The number of aliphatic hydroxyl groups excluding tert-OH is 1. The molecule has 2 aromatic rings. The van der Waals surface area contributed by atoms with E-state index in [0.29, 0.717) is 0 Å². The molecule has 0 fully saturated rings. The van der Waals surface area contributed by atoms with Crippen molar-refractivity contribution in [1.82, 2.24) is 4.98 Å². The molecule has 0 saturated heterocycles. The molecule has 0 aliphatic rings. The van der Waals surface area contributed by atoms with Gasteiger partial charge in [0.05, 0.1) is 11.6 Å². The second-order valence-electron chi connectivity index (χ2n) is 3.10. The number of para-hydroxylation sites is 1. The number of hydrogen-bond acceptors (Lipinski definition) is 2. The summed E-state index contributed by atoms with van der Waals surface area (Å²) in [5.41, 5.74) is 1.75. The van der Waals surface area contributed by atoms with Gasteiger partial charge in [-0.1, -0.05) is 24.3 Å². The van der Waals surface area contributed by atoms with Gasteiger partial charge in [-0.3, -0.25) is 4.98 Å². The van der Waals surface area contributed by atoms with E-state index in [1.807, 2.05) is 30.3 Å². The maximum atomic E-state index is 9.68. The molecule has 2 nitrogen and oxygen atoms in total. The molecule has 2 rings (SSSR count). The summed E-state index contributed by atoms with van der Waals surface area (Å²) in [5.74, 6) is 0. The highest BCUT2D eigenvalue weighted by molar-refractivity contribution is 5.82. The van der Waals surface area contributed by atoms with Crippen LogP contribution in [0.4, 0.5) is 0 Å². The van der Waals surface area contributed by atoms with Crippen LogP contribution in [0, 0.1) is 0 Å². The van der Waals surface area contributed by atoms with E-state index in [1.165, 1.54) is 6.08 Å². The normalized spacial score (nSPS) is 12.6. The minimum absolute atomic E-state index is 0.622. The lowest BCUT2D eigenvalue weighted by atomic mass is 10.0. The minimum Gasteiger partial charge on any atom is -0.384 e. The third-order valence-electron chi connectivity index (χ3n) is 2.22. The van der Waals surface area contributed by atoms with Crippen molar-refractivity contribution >= 4 is 10.9 Å². The van der Waals surface area contributed by atoms with Crippen molar-refractivity contribution in [2.24, 2.45) is 0 Å². The molecule has 14 heavy (non-hydrogen) atoms. The molecular formula is C12H11NO. The molecule has 0 aliphatic heterocycles. The Bertz CT molecular complexity index is 459. The highest BCUT2D eigenvalue weighted by Crippen LogP contribution is 2.22. The van der Waals surface area contributed by atoms with Crippen LogP contribution in [0.15, 0.2) is 49.2 Å². The molecule has 1 heterocycles. The first-order valence-corrected chi connectivity index (χ1v) is 4.47. The minimum atomic E-state index is -0.622. The molecular weight excluding hydrogens is 174 g/mol. The molecule has 70 valence electrons. The highest BCUT2D eigenvalue weighted by Gasteiger charge is 2.06. The summed E-state index contributed by atoms with van der Waals surface area (Å²) in [4.78, 5) is 4.21. The number of nitrogens with zero attached hydrogens (tertiary/aromatic N) is 1. The Balaban J connectivity index is 2.70. The molecule has 0 bridgehead atoms. The van der Waals surface area contributed by atoms with E-state index in [2.05, 4.69) is 11.6 Å². The zero-order chi connectivity index (χ0) is 9.97. The van der Waals surface area contributed by atoms with Gasteiger partial charge in [-0.05, 0) is 17.7 Å². The number of pyridine rings is 1. The quantitative estimate of drug-likeness (QED) is 0.729. The van der Waals surface area contributed by atoms with E-state index in [-0.39, 0.29) is 0 Å². The van der Waals surface area contributed by atoms with Gasteiger partial charge in [0.25, 0.3) is 0 Å². The van der Waals surface area contributed by atoms with Crippen molar-refractivity contribution in [1.29, 1.82) is 0 Å². The number of aromatic nitrogens is 1. The van der Waals surface area contributed by atoms with Gasteiger partial charge in [-0.15, -0.1) is 6.58 Å². The smallest absolute Gasteiger partial charge is 0.0976 e. The number of aliphatic hydroxyl groups is 1. The molecule has 0 radical (unpaired) electrons. The Kier molecular flexibility index (Phi) is 2.29. The number of rotatable bonds is 2. The van der Waals surface area contributed by atoms with Gasteiger partial charge in [0.15, 0.2) is 0 Å². The Labute approximate surface area is 82.5 Å². The van der Waals surface area contributed by atoms with Gasteiger partial charge in [0.2, 0.25) is 0 Å². The van der Waals surface area contributed by atoms with Crippen LogP contribution in [0.5, 0.6) is 0 Å². The molecule has 0 saturated carbocycles. The van der Waals surface area contributed by atoms with Gasteiger partial charge in [-0.25, -0.2) is 0 Å². The third-order valence-corrected chi connectivity index (χ3v) is 2.22. The Morgan fingerprint density at radius 2 is 2.07 bits per heavy atom. The molecule has 0 spiro atoms. The number of benzene rings is 1. The Morgan fingerprint density at radius 3 is 2.86 bits per heavy atom. The maximum Gasteiger partial charge on any atom is 0.0976 e. The van der Waals surface area contributed by atoms with Crippen LogP contribution in [0.25, 0.3) is 10.9 Å². The van der Waals surface area contributed by atoms with Crippen LogP contribution in [0.3, 0.4) is 0 Å². The molecule has 0 amide bonds. The molecule has 1 atom stereocenters. The summed E-state index contributed by atoms with van der Waals surface area (Å²) in [6.45, 7) is 3.57. The lowest BCUT2D eigenvalue weighted by Crippen LogP contribution is -1.94. The molecule has 1 aromatic heterocycles. The van der Waals surface area contributed by atoms with E-state index in [4.69, 9.17) is 0 Å². The summed E-state index contributed by atoms with van der Waals surface area (Å²) >= 11 is 0. The predicted octanol–water partition coefficient (Wildman–Crippen LogP) is 2.45. The van der Waals surface area contributed by atoms with E-state index < -0.39 is 6.10 Å². The lowest BCUT2D eigenvalue weighted by Gasteiger charge is -2.08. The van der Waals surface area contributed by atoms with E-state index in [1.54, 1.807) is 6.20 Å². The second kappa shape index (κ2) is 3.60. The first-order chi connectivity index (χ1) is 6.83. The van der Waals surface area contributed by atoms with Crippen molar-refractivity contribution in [3.05, 3.63) is 54.7 Å². The zero-order valence-corrected chi connectivity index (χ0v) is 7.72. The molecule has 0 aliphatic carbocycles. The van der Waals surface area contributed by atoms with Crippen LogP contribution < -0.4 is 0 Å². The fourth-order valence-electron chi connectivity index (χ4n) is 1.50. The number of hydrogen-bond donors (Lipinski definition) is 1. The van der Waals surface area contributed by atoms with Crippen molar-refractivity contribution < 1.29 is 5.11 Å². The van der Waals surface area contributed by atoms with Crippen LogP contribution in [0.2, 0.25) is 0 Å². The fraction of sp³-hybridized carbons (Fsp3) is 0.0833. The van der Waals surface area contributed by atoms with Crippen LogP contribution in [-0.2, 0) is 0 Å². The first-order valence-electron chi connectivity index (χ1n) is 4.47. The average Bonchev–Trinajstić information content (AvgIpc) is 2.27.